The highest BCUT2D eigenvalue weighted by molar-refractivity contribution is 7.90. The van der Waals surface area contributed by atoms with Crippen LogP contribution in [0.5, 0.6) is 0 Å². The molecule has 0 aromatic heterocycles. The Bertz CT molecular complexity index is 2810. The number of likely N-dealkylation sites (N-methyl/N-ethyl adjacent to an activating group) is 1. The van der Waals surface area contributed by atoms with Crippen molar-refractivity contribution < 1.29 is 66.3 Å². The van der Waals surface area contributed by atoms with Crippen molar-refractivity contribution in [1.82, 2.24) is 10.2 Å². The van der Waals surface area contributed by atoms with Crippen LogP contribution in [0.2, 0.25) is 0 Å². The van der Waals surface area contributed by atoms with Crippen LogP contribution in [0.1, 0.15) is 70.4 Å². The predicted octanol–water partition coefficient (Wildman–Crippen LogP) is 3.64. The predicted molar refractivity (Wildman–Crippen MR) is 239 cm³/mol. The van der Waals surface area contributed by atoms with Gasteiger partial charge in [0.15, 0.2) is 15.5 Å². The van der Waals surface area contributed by atoms with Gasteiger partial charge >= 0.3 is 0 Å². The second kappa shape index (κ2) is 19.3. The molecule has 0 radical (unpaired) electrons. The third-order valence-electron chi connectivity index (χ3n) is 11.7. The topological polar surface area (TPSA) is 270 Å². The maximum Gasteiger partial charge on any atom is 0.294 e. The number of imide groups is 1. The van der Waals surface area contributed by atoms with Crippen molar-refractivity contribution in [1.29, 1.82) is 0 Å². The Hall–Kier alpha value is -4.84. The molecule has 0 saturated heterocycles. The molecule has 2 unspecified atom stereocenters. The van der Waals surface area contributed by atoms with Gasteiger partial charge < -0.3 is 10.2 Å². The van der Waals surface area contributed by atoms with Crippen molar-refractivity contribution in [2.24, 2.45) is 0 Å². The number of sulfone groups is 1. The van der Waals surface area contributed by atoms with E-state index in [0.717, 1.165) is 23.3 Å². The first-order valence-electron chi connectivity index (χ1n) is 20.3. The summed E-state index contributed by atoms with van der Waals surface area (Å²) in [6.07, 6.45) is 13.0. The minimum atomic E-state index is -4.59. The molecule has 64 heavy (non-hydrogen) atoms. The number of fused-ring (bicyclic) bond motifs is 2. The summed E-state index contributed by atoms with van der Waals surface area (Å²) < 4.78 is 127. The van der Waals surface area contributed by atoms with Crippen LogP contribution in [0.15, 0.2) is 94.4 Å². The molecule has 2 aromatic rings. The molecule has 3 amide bonds. The molecule has 18 nitrogen and oxygen atoms in total. The van der Waals surface area contributed by atoms with Crippen molar-refractivity contribution in [2.45, 2.75) is 79.9 Å². The maximum atomic E-state index is 12.9. The number of rotatable bonds is 21. The Balaban J connectivity index is 1.50. The average Bonchev–Trinajstić information content (AvgIpc) is 3.72. The highest BCUT2D eigenvalue weighted by Gasteiger charge is 2.48. The molecule has 5 rings (SSSR count). The van der Waals surface area contributed by atoms with E-state index >= 15 is 0 Å². The zero-order chi connectivity index (χ0) is 47.5. The highest BCUT2D eigenvalue weighted by atomic mass is 32.2. The number of amides is 3. The van der Waals surface area contributed by atoms with Crippen molar-refractivity contribution in [3.63, 3.8) is 0 Å². The zero-order valence-corrected chi connectivity index (χ0v) is 39.1. The minimum absolute atomic E-state index is 0.00425. The van der Waals surface area contributed by atoms with E-state index in [-0.39, 0.29) is 61.0 Å². The maximum absolute atomic E-state index is 12.9. The summed E-state index contributed by atoms with van der Waals surface area (Å²) in [5, 5.41) is 2.72. The monoisotopic (exact) mass is 965 g/mol. The van der Waals surface area contributed by atoms with Crippen LogP contribution in [0, 0.1) is 0 Å². The Kier molecular flexibility index (Phi) is 15.1. The van der Waals surface area contributed by atoms with Gasteiger partial charge in [0.25, 0.3) is 42.2 Å². The number of benzene rings is 2. The SMILES string of the molecule is CCN1C(=CC=CC=CC2=[N+](CCCS(=O)(=O)O)c3ccc(S(C)(=O)=O)cc3C2(C)CCCC(=O)NCCN2C(=O)C=CC2=O)C(C)(CCCS(=O)(=O)O)c2cc(S(=O)(=O)O)ccc21. The Labute approximate surface area is 374 Å². The standard InChI is InChI=1S/C42H52N4O14S4/c1-5-44-34-18-16-31(64(58,59)60)29-33(34)42(3,22-10-26-62(52,53)54)36(44)12-7-6-8-13-37-41(2,21-9-14-38(47)43-23-25-46-39(48)19-20-40(46)49)32-28-30(61(4,50)51)15-17-35(32)45(37)24-11-27-63(55,56)57/h6-8,12-13,15-20,28-29H,5,9-11,14,21-27H2,1-4H3,(H3-,43,47,52,53,54,55,56,57,58,59,60)/p+1. The number of hydrogen-bond acceptors (Lipinski definition) is 12. The Morgan fingerprint density at radius 1 is 0.766 bits per heavy atom. The Morgan fingerprint density at radius 2 is 1.38 bits per heavy atom. The van der Waals surface area contributed by atoms with E-state index in [2.05, 4.69) is 5.32 Å². The lowest BCUT2D eigenvalue weighted by Crippen LogP contribution is -2.38. The summed E-state index contributed by atoms with van der Waals surface area (Å²) in [6.45, 7) is 6.14. The quantitative estimate of drug-likeness (QED) is 0.0602. The molecule has 3 heterocycles. The number of anilines is 1. The molecule has 348 valence electrons. The lowest BCUT2D eigenvalue weighted by Gasteiger charge is -2.30. The molecular weight excluding hydrogens is 913 g/mol. The fourth-order valence-corrected chi connectivity index (χ4v) is 10.7. The summed E-state index contributed by atoms with van der Waals surface area (Å²) in [4.78, 5) is 39.4. The average molecular weight is 966 g/mol. The molecule has 22 heteroatoms. The van der Waals surface area contributed by atoms with Gasteiger partial charge in [-0.05, 0) is 88.4 Å². The number of nitrogens with zero attached hydrogens (tertiary/aromatic N) is 3. The van der Waals surface area contributed by atoms with Crippen LogP contribution in [-0.2, 0) is 65.4 Å². The van der Waals surface area contributed by atoms with Crippen molar-refractivity contribution in [2.75, 3.05) is 48.8 Å². The van der Waals surface area contributed by atoms with E-state index in [4.69, 9.17) is 0 Å². The molecular formula is C42H53N4O14S4+. The first-order chi connectivity index (χ1) is 29.7. The molecule has 3 aliphatic rings. The van der Waals surface area contributed by atoms with Gasteiger partial charge in [-0.2, -0.15) is 29.8 Å². The lowest BCUT2D eigenvalue weighted by atomic mass is 9.75. The van der Waals surface area contributed by atoms with Gasteiger partial charge in [-0.1, -0.05) is 18.2 Å². The fraction of sp³-hybridized carbons (Fsp3) is 0.429. The van der Waals surface area contributed by atoms with Crippen LogP contribution in [-0.4, -0.2) is 124 Å². The van der Waals surface area contributed by atoms with Crippen LogP contribution in [0.25, 0.3) is 0 Å². The normalized spacial score (nSPS) is 21.0. The van der Waals surface area contributed by atoms with Crippen LogP contribution < -0.4 is 10.2 Å². The second-order valence-electron chi connectivity index (χ2n) is 16.2. The largest absolute Gasteiger partial charge is 0.354 e. The molecule has 2 atom stereocenters. The van der Waals surface area contributed by atoms with Gasteiger partial charge in [0.1, 0.15) is 6.54 Å². The third-order valence-corrected chi connectivity index (χ3v) is 15.3. The van der Waals surface area contributed by atoms with Gasteiger partial charge in [-0.15, -0.1) is 0 Å². The number of allylic oxidation sites excluding steroid dienone is 6. The van der Waals surface area contributed by atoms with Gasteiger partial charge in [-0.3, -0.25) is 32.9 Å². The summed E-state index contributed by atoms with van der Waals surface area (Å²) >= 11 is 0. The molecule has 2 aromatic carbocycles. The first-order valence-corrected chi connectivity index (χ1v) is 26.9. The van der Waals surface area contributed by atoms with Crippen LogP contribution in [0.3, 0.4) is 0 Å². The van der Waals surface area contributed by atoms with Gasteiger partial charge in [0.05, 0.1) is 26.7 Å². The molecule has 0 aliphatic carbocycles. The van der Waals surface area contributed by atoms with Crippen molar-refractivity contribution in [3.05, 3.63) is 95.8 Å². The molecule has 3 aliphatic heterocycles. The second-order valence-corrected chi connectivity index (χ2v) is 22.8. The number of carbonyl (C=O) groups excluding carboxylic acids is 3. The van der Waals surface area contributed by atoms with E-state index in [1.165, 1.54) is 18.2 Å². The number of carbonyl (C=O) groups is 3. The van der Waals surface area contributed by atoms with Gasteiger partial charge in [0, 0.05) is 85.4 Å². The fourth-order valence-electron chi connectivity index (χ4n) is 8.58. The summed E-state index contributed by atoms with van der Waals surface area (Å²) in [7, 11) is -16.9. The van der Waals surface area contributed by atoms with E-state index in [1.54, 1.807) is 48.6 Å². The Morgan fingerprint density at radius 3 is 1.98 bits per heavy atom. The first kappa shape index (κ1) is 50.2. The minimum Gasteiger partial charge on any atom is -0.354 e. The molecule has 4 N–H and O–H groups in total. The summed E-state index contributed by atoms with van der Waals surface area (Å²) in [5.74, 6) is -2.37. The van der Waals surface area contributed by atoms with E-state index < -0.39 is 74.3 Å². The van der Waals surface area contributed by atoms with E-state index in [0.29, 0.717) is 53.3 Å². The summed E-state index contributed by atoms with van der Waals surface area (Å²) in [5.41, 5.74) is 1.78. The molecule has 0 spiro atoms. The van der Waals surface area contributed by atoms with E-state index in [1.807, 2.05) is 30.2 Å². The highest BCUT2D eigenvalue weighted by Crippen LogP contribution is 2.51. The molecule has 0 fully saturated rings. The van der Waals surface area contributed by atoms with Gasteiger partial charge in [-0.25, -0.2) is 8.42 Å². The molecule has 0 bridgehead atoms. The van der Waals surface area contributed by atoms with Crippen LogP contribution in [0.4, 0.5) is 11.4 Å². The zero-order valence-electron chi connectivity index (χ0n) is 35.8. The van der Waals surface area contributed by atoms with Crippen molar-refractivity contribution >= 4 is 75.0 Å². The lowest BCUT2D eigenvalue weighted by molar-refractivity contribution is -0.437. The summed E-state index contributed by atoms with van der Waals surface area (Å²) in [6, 6.07) is 8.84. The van der Waals surface area contributed by atoms with Crippen LogP contribution >= 0.6 is 0 Å². The van der Waals surface area contributed by atoms with Gasteiger partial charge in [0.2, 0.25) is 11.6 Å². The smallest absolute Gasteiger partial charge is 0.294 e. The van der Waals surface area contributed by atoms with E-state index in [9.17, 15) is 61.7 Å². The molecule has 0 saturated carbocycles. The number of hydrogen-bond donors (Lipinski definition) is 4. The number of nitrogens with one attached hydrogen (secondary N) is 1. The third kappa shape index (κ3) is 11.7. The van der Waals surface area contributed by atoms with Crippen molar-refractivity contribution in [3.8, 4) is 0 Å².